The Balaban J connectivity index is 0.000000221. The molecule has 4 N–H and O–H groups in total. The van der Waals surface area contributed by atoms with Crippen LogP contribution in [0.15, 0.2) is 170 Å². The van der Waals surface area contributed by atoms with Gasteiger partial charge in [0.05, 0.1) is 42.8 Å². The fraction of sp³-hybridized carbons (Fsp3) is 0.410. The zero-order valence-corrected chi connectivity index (χ0v) is 56.0. The van der Waals surface area contributed by atoms with Gasteiger partial charge in [-0.15, -0.1) is 0 Å². The van der Waals surface area contributed by atoms with E-state index in [1.54, 1.807) is 14.2 Å². The Kier molecular flexibility index (Phi) is 25.9. The van der Waals surface area contributed by atoms with Crippen LogP contribution in [0, 0.1) is 23.7 Å². The predicted octanol–water partition coefficient (Wildman–Crippen LogP) is 15.3. The van der Waals surface area contributed by atoms with E-state index < -0.39 is 0 Å². The number of carbonyl (C=O) groups is 4. The van der Waals surface area contributed by atoms with Crippen molar-refractivity contribution in [2.45, 2.75) is 169 Å². The lowest BCUT2D eigenvalue weighted by Gasteiger charge is -2.28. The lowest BCUT2D eigenvalue weighted by Crippen LogP contribution is -2.40. The maximum Gasteiger partial charge on any atom is 0.272 e. The molecule has 2 fully saturated rings. The zero-order valence-electron chi connectivity index (χ0n) is 56.0. The van der Waals surface area contributed by atoms with Crippen molar-refractivity contribution in [2.24, 2.45) is 23.7 Å². The van der Waals surface area contributed by atoms with Crippen molar-refractivity contribution >= 4 is 23.6 Å². The number of aromatic nitrogens is 4. The van der Waals surface area contributed by atoms with Crippen molar-refractivity contribution in [1.82, 2.24) is 40.8 Å². The first kappa shape index (κ1) is 69.2. The van der Waals surface area contributed by atoms with Gasteiger partial charge in [-0.25, -0.2) is 0 Å². The van der Waals surface area contributed by atoms with Crippen LogP contribution in [0.5, 0.6) is 23.0 Å². The van der Waals surface area contributed by atoms with Crippen molar-refractivity contribution in [1.29, 1.82) is 0 Å². The first-order chi connectivity index (χ1) is 45.7. The molecule has 16 nitrogen and oxygen atoms in total. The molecule has 0 radical (unpaired) electrons. The number of rotatable bonds is 29. The van der Waals surface area contributed by atoms with E-state index in [0.29, 0.717) is 97.8 Å². The second-order valence-corrected chi connectivity index (χ2v) is 26.1. The van der Waals surface area contributed by atoms with E-state index in [4.69, 9.17) is 29.1 Å². The number of carbonyl (C=O) groups excluding carboxylic acids is 4. The maximum atomic E-state index is 13.9. The van der Waals surface area contributed by atoms with E-state index >= 15 is 0 Å². The van der Waals surface area contributed by atoms with Gasteiger partial charge in [0.15, 0.2) is 11.4 Å². The normalized spacial score (nSPS) is 15.4. The molecule has 0 spiro atoms. The van der Waals surface area contributed by atoms with Gasteiger partial charge in [-0.1, -0.05) is 187 Å². The van der Waals surface area contributed by atoms with E-state index in [9.17, 15) is 19.2 Å². The van der Waals surface area contributed by atoms with Crippen molar-refractivity contribution < 1.29 is 38.1 Å². The van der Waals surface area contributed by atoms with Gasteiger partial charge in [-0.2, -0.15) is 10.2 Å². The Morgan fingerprint density at radius 3 is 1.35 bits per heavy atom. The molecule has 496 valence electrons. The molecule has 0 unspecified atom stereocenters. The van der Waals surface area contributed by atoms with Crippen LogP contribution < -0.4 is 40.2 Å². The molecule has 0 saturated heterocycles. The third-order valence-corrected chi connectivity index (χ3v) is 17.6. The highest BCUT2D eigenvalue weighted by Crippen LogP contribution is 2.44. The van der Waals surface area contributed by atoms with Crippen LogP contribution in [0.1, 0.15) is 167 Å². The smallest absolute Gasteiger partial charge is 0.272 e. The van der Waals surface area contributed by atoms with Crippen LogP contribution in [0.3, 0.4) is 0 Å². The minimum absolute atomic E-state index is 0.0995. The molecular formula is C78H96N8O8. The molecular weight excluding hydrogens is 1180 g/mol. The van der Waals surface area contributed by atoms with Gasteiger partial charge >= 0.3 is 0 Å². The Bertz CT molecular complexity index is 3650. The molecule has 0 aliphatic heterocycles. The molecule has 2 saturated carbocycles. The second kappa shape index (κ2) is 35.2. The van der Waals surface area contributed by atoms with Crippen LogP contribution in [0.2, 0.25) is 0 Å². The number of amides is 4. The van der Waals surface area contributed by atoms with E-state index in [-0.39, 0.29) is 60.5 Å². The minimum atomic E-state index is -0.335. The quantitative estimate of drug-likeness (QED) is 0.0351. The summed E-state index contributed by atoms with van der Waals surface area (Å²) in [7, 11) is 3.30. The number of nitrogens with one attached hydrogen (secondary N) is 4. The Labute approximate surface area is 555 Å². The maximum absolute atomic E-state index is 13.9. The van der Waals surface area contributed by atoms with Crippen LogP contribution in [-0.2, 0) is 42.4 Å². The number of ether oxygens (including phenoxy) is 4. The highest BCUT2D eigenvalue weighted by atomic mass is 16.5. The van der Waals surface area contributed by atoms with Crippen molar-refractivity contribution in [2.75, 3.05) is 14.2 Å². The summed E-state index contributed by atoms with van der Waals surface area (Å²) in [4.78, 5) is 53.7. The standard InChI is InChI=1S/2C39H48N4O4/c1-27(2)22-31(23-37(44)40-25-29-12-7-5-8-13-29)41-39(45)33-24-34(43(42-33)32-20-18-28(3)19-21-32)38-35(46-4)16-11-17-36(38)47-26-30-14-9-6-10-15-30;1-28(2)22-32(23-37(44)40-25-29-14-7-4-8-15-29)41-39(45)33-24-34(43(42-33)26-30-16-9-5-10-17-30)38-35(46-3)20-13-21-36(38)47-27-31-18-11-6-12-19-31/h5-17,24,27-28,31-32H,18-23,25-26H2,1-4H3,(H,40,44)(H,41,45);4,6-8,11-15,18-21,24,28,30,32H,5,9-10,16-17,22-23,25-27H2,1-3H3,(H,40,44)(H,41,45)/t28?,31-,32?;32-/m00/s1. The van der Waals surface area contributed by atoms with E-state index in [2.05, 4.69) is 55.9 Å². The number of benzene rings is 6. The fourth-order valence-corrected chi connectivity index (χ4v) is 12.7. The Morgan fingerprint density at radius 2 is 0.904 bits per heavy atom. The number of hydrogen-bond acceptors (Lipinski definition) is 10. The molecule has 2 aliphatic rings. The topological polar surface area (TPSA) is 189 Å². The SMILES string of the molecule is COc1cccc(OCc2ccccc2)c1-c1cc(C(=O)N[C@H](CC(=O)NCc2ccccc2)CC(C)C)nn1C1CCC(C)CC1.COc1cccc(OCc2ccccc2)c1-c1cc(C(=O)N[C@H](CC(=O)NCc2ccccc2)CC(C)C)nn1CC1CCCCC1. The molecule has 0 bridgehead atoms. The summed E-state index contributed by atoms with van der Waals surface area (Å²) >= 11 is 0. The lowest BCUT2D eigenvalue weighted by atomic mass is 9.87. The van der Waals surface area contributed by atoms with Gasteiger partial charge in [0, 0.05) is 44.6 Å². The Hall–Kier alpha value is -9.18. The van der Waals surface area contributed by atoms with Gasteiger partial charge in [0.25, 0.3) is 11.8 Å². The van der Waals surface area contributed by atoms with E-state index in [0.717, 1.165) is 83.3 Å². The molecule has 2 heterocycles. The van der Waals surface area contributed by atoms with Crippen molar-refractivity contribution in [3.8, 4) is 45.5 Å². The van der Waals surface area contributed by atoms with Gasteiger partial charge in [-0.05, 0) is 134 Å². The lowest BCUT2D eigenvalue weighted by molar-refractivity contribution is -0.122. The second-order valence-electron chi connectivity index (χ2n) is 26.1. The number of nitrogens with zero attached hydrogens (tertiary/aromatic N) is 4. The summed E-state index contributed by atoms with van der Waals surface area (Å²) in [5.74, 6) is 3.56. The monoisotopic (exact) mass is 1270 g/mol. The minimum Gasteiger partial charge on any atom is -0.496 e. The molecule has 4 amide bonds. The zero-order chi connectivity index (χ0) is 66.2. The molecule has 6 aromatic carbocycles. The fourth-order valence-electron chi connectivity index (χ4n) is 12.7. The number of methoxy groups -OCH3 is 2. The largest absolute Gasteiger partial charge is 0.496 e. The Morgan fingerprint density at radius 1 is 0.489 bits per heavy atom. The molecule has 8 aromatic rings. The average molecular weight is 1270 g/mol. The third kappa shape index (κ3) is 20.4. The van der Waals surface area contributed by atoms with Gasteiger partial charge < -0.3 is 40.2 Å². The third-order valence-electron chi connectivity index (χ3n) is 17.6. The van der Waals surface area contributed by atoms with Crippen LogP contribution in [0.4, 0.5) is 0 Å². The van der Waals surface area contributed by atoms with Crippen molar-refractivity contribution in [3.05, 3.63) is 203 Å². The summed E-state index contributed by atoms with van der Waals surface area (Å²) in [6, 6.07) is 54.4. The van der Waals surface area contributed by atoms with E-state index in [1.165, 1.54) is 19.3 Å². The summed E-state index contributed by atoms with van der Waals surface area (Å²) < 4.78 is 28.4. The van der Waals surface area contributed by atoms with Crippen LogP contribution in [0.25, 0.3) is 22.5 Å². The predicted molar refractivity (Wildman–Crippen MR) is 370 cm³/mol. The average Bonchev–Trinajstić information content (AvgIpc) is 1.58. The molecule has 2 aliphatic carbocycles. The first-order valence-corrected chi connectivity index (χ1v) is 33.8. The summed E-state index contributed by atoms with van der Waals surface area (Å²) in [6.45, 7) is 13.1. The van der Waals surface area contributed by atoms with Gasteiger partial charge in [-0.3, -0.25) is 28.5 Å². The molecule has 2 atom stereocenters. The van der Waals surface area contributed by atoms with Crippen LogP contribution >= 0.6 is 0 Å². The van der Waals surface area contributed by atoms with Gasteiger partial charge in [0.2, 0.25) is 11.8 Å². The number of hydrogen-bond donors (Lipinski definition) is 4. The molecule has 16 heteroatoms. The first-order valence-electron chi connectivity index (χ1n) is 33.8. The molecule has 94 heavy (non-hydrogen) atoms. The molecule has 10 rings (SSSR count). The van der Waals surface area contributed by atoms with E-state index in [1.807, 2.05) is 179 Å². The highest BCUT2D eigenvalue weighted by Gasteiger charge is 2.31. The van der Waals surface area contributed by atoms with Gasteiger partial charge in [0.1, 0.15) is 36.2 Å². The highest BCUT2D eigenvalue weighted by molar-refractivity contribution is 5.95. The summed E-state index contributed by atoms with van der Waals surface area (Å²) in [5, 5.41) is 22.1. The molecule has 2 aromatic heterocycles. The van der Waals surface area contributed by atoms with Crippen LogP contribution in [-0.4, -0.2) is 69.5 Å². The summed E-state index contributed by atoms with van der Waals surface area (Å²) in [6.07, 6.45) is 11.8. The summed E-state index contributed by atoms with van der Waals surface area (Å²) in [5.41, 5.74) is 7.92. The van der Waals surface area contributed by atoms with Crippen molar-refractivity contribution in [3.63, 3.8) is 0 Å².